The van der Waals surface area contributed by atoms with Crippen molar-refractivity contribution in [1.82, 2.24) is 10.2 Å². The fraction of sp³-hybridized carbons (Fsp3) is 0.571. The maximum atomic E-state index is 13.6. The van der Waals surface area contributed by atoms with Crippen LogP contribution in [-0.4, -0.2) is 37.3 Å². The summed E-state index contributed by atoms with van der Waals surface area (Å²) >= 11 is 5.64. The number of hydrogen-bond donors (Lipinski definition) is 1. The molecule has 1 heterocycles. The molecule has 0 bridgehead atoms. The Morgan fingerprint density at radius 3 is 2.41 bits per heavy atom. The Bertz CT molecular complexity index is 476. The number of hydrogen-bond acceptors (Lipinski definition) is 2. The molecule has 0 radical (unpaired) electrons. The van der Waals surface area contributed by atoms with Gasteiger partial charge in [-0.25, -0.2) is 4.39 Å². The van der Waals surface area contributed by atoms with Gasteiger partial charge in [-0.15, -0.1) is 12.4 Å². The highest BCUT2D eigenvalue weighted by Crippen LogP contribution is 2.32. The monoisotopic (exact) mass is 360 g/mol. The number of piperazine rings is 1. The summed E-state index contributed by atoms with van der Waals surface area (Å²) < 4.78 is 51.1. The molecule has 8 heteroatoms. The van der Waals surface area contributed by atoms with Crippen LogP contribution in [0.2, 0.25) is 5.02 Å². The molecule has 126 valence electrons. The van der Waals surface area contributed by atoms with Gasteiger partial charge in [0.25, 0.3) is 0 Å². The molecule has 0 unspecified atom stereocenters. The predicted octanol–water partition coefficient (Wildman–Crippen LogP) is 4.19. The Balaban J connectivity index is 0.00000242. The highest BCUT2D eigenvalue weighted by atomic mass is 35.5. The summed E-state index contributed by atoms with van der Waals surface area (Å²) in [7, 11) is 0. The summed E-state index contributed by atoms with van der Waals surface area (Å²) in [5.41, 5.74) is 0.544. The van der Waals surface area contributed by atoms with Crippen molar-refractivity contribution >= 4 is 24.0 Å². The van der Waals surface area contributed by atoms with Crippen molar-refractivity contribution in [2.45, 2.75) is 25.1 Å². The second kappa shape index (κ2) is 8.34. The maximum Gasteiger partial charge on any atom is 0.389 e. The fourth-order valence-electron chi connectivity index (χ4n) is 2.57. The van der Waals surface area contributed by atoms with Crippen molar-refractivity contribution < 1.29 is 17.6 Å². The summed E-state index contributed by atoms with van der Waals surface area (Å²) in [5, 5.41) is 3.14. The molecule has 1 aliphatic rings. The number of alkyl halides is 3. The summed E-state index contributed by atoms with van der Waals surface area (Å²) in [6.07, 6.45) is -5.17. The summed E-state index contributed by atoms with van der Waals surface area (Å²) in [4.78, 5) is 1.96. The van der Waals surface area contributed by atoms with Gasteiger partial charge in [0.05, 0.1) is 5.02 Å². The molecule has 1 aromatic rings. The molecule has 2 nitrogen and oxygen atoms in total. The molecule has 1 aliphatic heterocycles. The normalized spacial score (nSPS) is 17.9. The first-order valence-corrected chi connectivity index (χ1v) is 7.21. The Morgan fingerprint density at radius 2 is 1.86 bits per heavy atom. The molecule has 1 aromatic carbocycles. The smallest absolute Gasteiger partial charge is 0.314 e. The SMILES string of the molecule is Cl.Fc1cc([C@@H](CCC(F)(F)F)N2CCNCC2)ccc1Cl. The fourth-order valence-corrected chi connectivity index (χ4v) is 2.69. The second-order valence-corrected chi connectivity index (χ2v) is 5.54. The van der Waals surface area contributed by atoms with Crippen LogP contribution in [-0.2, 0) is 0 Å². The van der Waals surface area contributed by atoms with E-state index in [-0.39, 0.29) is 23.9 Å². The zero-order chi connectivity index (χ0) is 15.5. The average molecular weight is 361 g/mol. The molecule has 0 aliphatic carbocycles. The molecular weight excluding hydrogens is 343 g/mol. The highest BCUT2D eigenvalue weighted by Gasteiger charge is 2.31. The van der Waals surface area contributed by atoms with Crippen LogP contribution < -0.4 is 5.32 Å². The zero-order valence-corrected chi connectivity index (χ0v) is 13.4. The first-order chi connectivity index (χ1) is 9.87. The molecule has 22 heavy (non-hydrogen) atoms. The van der Waals surface area contributed by atoms with E-state index in [0.29, 0.717) is 18.7 Å². The quantitative estimate of drug-likeness (QED) is 0.809. The number of nitrogens with zero attached hydrogens (tertiary/aromatic N) is 1. The Morgan fingerprint density at radius 1 is 1.23 bits per heavy atom. The molecule has 1 saturated heterocycles. The third kappa shape index (κ3) is 5.57. The van der Waals surface area contributed by atoms with Gasteiger partial charge in [0.15, 0.2) is 0 Å². The van der Waals surface area contributed by atoms with Gasteiger partial charge in [-0.2, -0.15) is 13.2 Å². The minimum atomic E-state index is -4.21. The number of nitrogens with one attached hydrogen (secondary N) is 1. The zero-order valence-electron chi connectivity index (χ0n) is 11.8. The van der Waals surface area contributed by atoms with Crippen molar-refractivity contribution in [2.24, 2.45) is 0 Å². The van der Waals surface area contributed by atoms with E-state index >= 15 is 0 Å². The lowest BCUT2D eigenvalue weighted by atomic mass is 9.99. The van der Waals surface area contributed by atoms with E-state index in [9.17, 15) is 17.6 Å². The van der Waals surface area contributed by atoms with E-state index in [1.54, 1.807) is 6.07 Å². The van der Waals surface area contributed by atoms with Gasteiger partial charge in [-0.3, -0.25) is 4.90 Å². The van der Waals surface area contributed by atoms with Crippen LogP contribution in [0.1, 0.15) is 24.4 Å². The standard InChI is InChI=1S/C14H17ClF4N2.ClH/c15-11-2-1-10(9-12(11)16)13(3-4-14(17,18)19)21-7-5-20-6-8-21;/h1-2,9,13,20H,3-8H2;1H/t13-;/m1./s1. The number of rotatable bonds is 4. The molecule has 1 atom stereocenters. The summed E-state index contributed by atoms with van der Waals surface area (Å²) in [5.74, 6) is -0.596. The van der Waals surface area contributed by atoms with Crippen LogP contribution in [0.25, 0.3) is 0 Å². The molecule has 0 aromatic heterocycles. The molecule has 1 fully saturated rings. The van der Waals surface area contributed by atoms with E-state index in [2.05, 4.69) is 5.32 Å². The van der Waals surface area contributed by atoms with Crippen molar-refractivity contribution in [3.05, 3.63) is 34.6 Å². The summed E-state index contributed by atoms with van der Waals surface area (Å²) in [6.45, 7) is 2.73. The van der Waals surface area contributed by atoms with Gasteiger partial charge in [-0.1, -0.05) is 17.7 Å². The second-order valence-electron chi connectivity index (χ2n) is 5.13. The van der Waals surface area contributed by atoms with E-state index < -0.39 is 24.5 Å². The lowest BCUT2D eigenvalue weighted by Gasteiger charge is -2.35. The average Bonchev–Trinajstić information content (AvgIpc) is 2.43. The minimum absolute atomic E-state index is 0. The van der Waals surface area contributed by atoms with E-state index in [1.165, 1.54) is 12.1 Å². The van der Waals surface area contributed by atoms with Gasteiger partial charge in [0.2, 0.25) is 0 Å². The van der Waals surface area contributed by atoms with Crippen LogP contribution in [0.3, 0.4) is 0 Å². The Hall–Kier alpha value is -0.560. The third-order valence-electron chi connectivity index (χ3n) is 3.62. The molecule has 0 spiro atoms. The van der Waals surface area contributed by atoms with Crippen molar-refractivity contribution in [1.29, 1.82) is 0 Å². The molecule has 0 saturated carbocycles. The molecule has 0 amide bonds. The predicted molar refractivity (Wildman–Crippen MR) is 81.1 cm³/mol. The third-order valence-corrected chi connectivity index (χ3v) is 3.93. The van der Waals surface area contributed by atoms with Crippen LogP contribution in [0, 0.1) is 5.82 Å². The van der Waals surface area contributed by atoms with Gasteiger partial charge in [-0.05, 0) is 24.1 Å². The molecule has 1 N–H and O–H groups in total. The first kappa shape index (κ1) is 19.5. The maximum absolute atomic E-state index is 13.6. The molecular formula is C14H18Cl2F4N2. The van der Waals surface area contributed by atoms with Crippen LogP contribution >= 0.6 is 24.0 Å². The highest BCUT2D eigenvalue weighted by molar-refractivity contribution is 6.30. The Labute approximate surface area is 138 Å². The topological polar surface area (TPSA) is 15.3 Å². The van der Waals surface area contributed by atoms with Gasteiger partial charge in [0, 0.05) is 38.6 Å². The van der Waals surface area contributed by atoms with Gasteiger partial charge >= 0.3 is 6.18 Å². The van der Waals surface area contributed by atoms with E-state index in [4.69, 9.17) is 11.6 Å². The van der Waals surface area contributed by atoms with E-state index in [1.807, 2.05) is 4.90 Å². The van der Waals surface area contributed by atoms with Crippen LogP contribution in [0.4, 0.5) is 17.6 Å². The van der Waals surface area contributed by atoms with Crippen molar-refractivity contribution in [2.75, 3.05) is 26.2 Å². The minimum Gasteiger partial charge on any atom is -0.314 e. The Kier molecular flexibility index (Phi) is 7.38. The number of halogens is 6. The lowest BCUT2D eigenvalue weighted by molar-refractivity contribution is -0.138. The largest absolute Gasteiger partial charge is 0.389 e. The number of benzene rings is 1. The van der Waals surface area contributed by atoms with Crippen LogP contribution in [0.15, 0.2) is 18.2 Å². The first-order valence-electron chi connectivity index (χ1n) is 6.83. The van der Waals surface area contributed by atoms with Crippen molar-refractivity contribution in [3.8, 4) is 0 Å². The lowest BCUT2D eigenvalue weighted by Crippen LogP contribution is -2.45. The van der Waals surface area contributed by atoms with Gasteiger partial charge in [0.1, 0.15) is 5.82 Å². The van der Waals surface area contributed by atoms with Crippen LogP contribution in [0.5, 0.6) is 0 Å². The summed E-state index contributed by atoms with van der Waals surface area (Å²) in [6, 6.07) is 3.80. The van der Waals surface area contributed by atoms with Gasteiger partial charge < -0.3 is 5.32 Å². The van der Waals surface area contributed by atoms with E-state index in [0.717, 1.165) is 13.1 Å². The molecule has 2 rings (SSSR count). The van der Waals surface area contributed by atoms with Crippen molar-refractivity contribution in [3.63, 3.8) is 0 Å².